The van der Waals surface area contributed by atoms with Gasteiger partial charge in [0.15, 0.2) is 0 Å². The molecule has 4 aromatic carbocycles. The molecule has 44 heavy (non-hydrogen) atoms. The number of benzene rings is 4. The predicted molar refractivity (Wildman–Crippen MR) is 157 cm³/mol. The summed E-state index contributed by atoms with van der Waals surface area (Å²) in [6, 6.07) is 25.3. The zero-order valence-corrected chi connectivity index (χ0v) is 23.7. The van der Waals surface area contributed by atoms with Crippen molar-refractivity contribution in [3.63, 3.8) is 0 Å². The van der Waals surface area contributed by atoms with Gasteiger partial charge in [0.25, 0.3) is 0 Å². The highest BCUT2D eigenvalue weighted by Gasteiger charge is 2.41. The van der Waals surface area contributed by atoms with Crippen LogP contribution >= 0.6 is 0 Å². The Hall–Kier alpha value is -4.86. The van der Waals surface area contributed by atoms with Crippen LogP contribution in [0, 0.1) is 11.6 Å². The van der Waals surface area contributed by atoms with E-state index in [0.717, 1.165) is 11.6 Å². The average molecular weight is 601 g/mol. The second-order valence-corrected chi connectivity index (χ2v) is 10.0. The molecule has 1 fully saturated rings. The summed E-state index contributed by atoms with van der Waals surface area (Å²) >= 11 is 0. The Morgan fingerprint density at radius 3 is 1.86 bits per heavy atom. The lowest BCUT2D eigenvalue weighted by Crippen LogP contribution is -2.42. The molecule has 0 aliphatic carbocycles. The predicted octanol–water partition coefficient (Wildman–Crippen LogP) is 6.71. The van der Waals surface area contributed by atoms with Crippen LogP contribution in [0.25, 0.3) is 0 Å². The SMILES string of the molecule is C=CC(=O)OCCCOc1ccc(C(=O)Oc2ccc(C3COC(c4ccc(F)cc4)(c4ccc(F)cc4)OC3)cc2)cc1. The first-order valence-electron chi connectivity index (χ1n) is 14.0. The van der Waals surface area contributed by atoms with E-state index in [9.17, 15) is 18.4 Å². The molecule has 0 bridgehead atoms. The van der Waals surface area contributed by atoms with Crippen molar-refractivity contribution < 1.29 is 42.1 Å². The fraction of sp³-hybridized carbons (Fsp3) is 0.200. The molecule has 9 heteroatoms. The molecule has 0 atom stereocenters. The molecule has 1 aliphatic rings. The Kier molecular flexibility index (Phi) is 9.79. The van der Waals surface area contributed by atoms with Crippen LogP contribution in [0.4, 0.5) is 8.78 Å². The largest absolute Gasteiger partial charge is 0.493 e. The number of hydrogen-bond acceptors (Lipinski definition) is 7. The maximum absolute atomic E-state index is 13.7. The molecule has 1 saturated heterocycles. The fourth-order valence-corrected chi connectivity index (χ4v) is 4.70. The molecule has 4 aromatic rings. The van der Waals surface area contributed by atoms with Crippen molar-refractivity contribution in [3.05, 3.63) is 144 Å². The maximum Gasteiger partial charge on any atom is 0.343 e. The van der Waals surface area contributed by atoms with Crippen molar-refractivity contribution in [2.75, 3.05) is 26.4 Å². The Morgan fingerprint density at radius 2 is 1.32 bits per heavy atom. The number of esters is 2. The van der Waals surface area contributed by atoms with Crippen LogP contribution in [0.1, 0.15) is 39.4 Å². The van der Waals surface area contributed by atoms with E-state index in [4.69, 9.17) is 23.7 Å². The van der Waals surface area contributed by atoms with Gasteiger partial charge >= 0.3 is 11.9 Å². The normalized spacial score (nSPS) is 14.4. The molecule has 7 nitrogen and oxygen atoms in total. The number of carbonyl (C=O) groups is 2. The van der Waals surface area contributed by atoms with Gasteiger partial charge in [-0.3, -0.25) is 0 Å². The molecule has 5 rings (SSSR count). The van der Waals surface area contributed by atoms with Gasteiger partial charge in [-0.1, -0.05) is 43.0 Å². The van der Waals surface area contributed by atoms with Crippen LogP contribution in [0.2, 0.25) is 0 Å². The molecule has 1 heterocycles. The van der Waals surface area contributed by atoms with Crippen LogP contribution in [0.3, 0.4) is 0 Å². The van der Waals surface area contributed by atoms with Gasteiger partial charge in [-0.25, -0.2) is 18.4 Å². The quantitative estimate of drug-likeness (QED) is 0.0819. The highest BCUT2D eigenvalue weighted by molar-refractivity contribution is 5.91. The lowest BCUT2D eigenvalue weighted by Gasteiger charge is -2.41. The molecule has 0 N–H and O–H groups in total. The average Bonchev–Trinajstić information content (AvgIpc) is 3.06. The first kappa shape index (κ1) is 30.6. The zero-order chi connectivity index (χ0) is 30.9. The summed E-state index contributed by atoms with van der Waals surface area (Å²) in [5.41, 5.74) is 2.46. The van der Waals surface area contributed by atoms with Crippen molar-refractivity contribution >= 4 is 11.9 Å². The van der Waals surface area contributed by atoms with Gasteiger partial charge in [0.2, 0.25) is 5.79 Å². The van der Waals surface area contributed by atoms with Crippen molar-refractivity contribution in [2.45, 2.75) is 18.1 Å². The number of halogens is 2. The van der Waals surface area contributed by atoms with Crippen molar-refractivity contribution in [1.82, 2.24) is 0 Å². The van der Waals surface area contributed by atoms with Gasteiger partial charge in [-0.2, -0.15) is 0 Å². The zero-order valence-electron chi connectivity index (χ0n) is 23.7. The van der Waals surface area contributed by atoms with Gasteiger partial charge in [0, 0.05) is 29.5 Å². The smallest absolute Gasteiger partial charge is 0.343 e. The first-order chi connectivity index (χ1) is 21.4. The van der Waals surface area contributed by atoms with Crippen LogP contribution in [0.5, 0.6) is 11.5 Å². The second-order valence-electron chi connectivity index (χ2n) is 10.0. The minimum Gasteiger partial charge on any atom is -0.493 e. The standard InChI is InChI=1S/C35H30F2O7/c1-2-33(38)41-21-3-20-40-31-16-6-25(7-17-31)34(39)44-32-18-4-24(5-19-32)26-22-42-35(43-23-26,27-8-12-29(36)13-9-27)28-10-14-30(37)15-11-28/h2,4-19,26H,1,3,20-23H2. The summed E-state index contributed by atoms with van der Waals surface area (Å²) in [6.45, 7) is 4.46. The molecule has 226 valence electrons. The van der Waals surface area contributed by atoms with Crippen LogP contribution in [-0.4, -0.2) is 38.4 Å². The number of ether oxygens (including phenoxy) is 5. The minimum absolute atomic E-state index is 0.129. The minimum atomic E-state index is -1.31. The van der Waals surface area contributed by atoms with Crippen LogP contribution in [0.15, 0.2) is 110 Å². The van der Waals surface area contributed by atoms with E-state index in [1.807, 2.05) is 12.1 Å². The Morgan fingerprint density at radius 1 is 0.773 bits per heavy atom. The molecular formula is C35H30F2O7. The van der Waals surface area contributed by atoms with Crippen molar-refractivity contribution in [2.24, 2.45) is 0 Å². The number of hydrogen-bond donors (Lipinski definition) is 0. The number of rotatable bonds is 11. The third-order valence-corrected chi connectivity index (χ3v) is 7.04. The summed E-state index contributed by atoms with van der Waals surface area (Å²) < 4.78 is 56.0. The molecule has 0 unspecified atom stereocenters. The second kappa shape index (κ2) is 14.1. The summed E-state index contributed by atoms with van der Waals surface area (Å²) in [7, 11) is 0. The van der Waals surface area contributed by atoms with Crippen molar-refractivity contribution in [1.29, 1.82) is 0 Å². The number of carbonyl (C=O) groups excluding carboxylic acids is 2. The molecule has 0 radical (unpaired) electrons. The molecule has 0 amide bonds. The molecule has 0 spiro atoms. The monoisotopic (exact) mass is 600 g/mol. The topological polar surface area (TPSA) is 80.3 Å². The summed E-state index contributed by atoms with van der Waals surface area (Å²) in [4.78, 5) is 23.7. The summed E-state index contributed by atoms with van der Waals surface area (Å²) in [6.07, 6.45) is 1.62. The Bertz CT molecular complexity index is 1510. The molecule has 1 aliphatic heterocycles. The van der Waals surface area contributed by atoms with Gasteiger partial charge in [0.1, 0.15) is 23.1 Å². The molecule has 0 aromatic heterocycles. The van der Waals surface area contributed by atoms with Gasteiger partial charge in [-0.15, -0.1) is 0 Å². The third-order valence-electron chi connectivity index (χ3n) is 7.04. The summed E-state index contributed by atoms with van der Waals surface area (Å²) in [5, 5.41) is 0. The van der Waals surface area contributed by atoms with E-state index in [1.165, 1.54) is 24.3 Å². The maximum atomic E-state index is 13.7. The van der Waals surface area contributed by atoms with E-state index in [2.05, 4.69) is 6.58 Å². The Labute approximate surface area is 253 Å². The van der Waals surface area contributed by atoms with Crippen LogP contribution in [-0.2, 0) is 24.8 Å². The van der Waals surface area contributed by atoms with Crippen molar-refractivity contribution in [3.8, 4) is 11.5 Å². The Balaban J connectivity index is 1.16. The third kappa shape index (κ3) is 7.37. The molecular weight excluding hydrogens is 570 g/mol. The summed E-state index contributed by atoms with van der Waals surface area (Å²) in [5.74, 6) is -2.27. The lowest BCUT2D eigenvalue weighted by atomic mass is 9.93. The van der Waals surface area contributed by atoms with Gasteiger partial charge in [-0.05, 0) is 66.2 Å². The van der Waals surface area contributed by atoms with E-state index >= 15 is 0 Å². The van der Waals surface area contributed by atoms with Gasteiger partial charge in [0.05, 0.1) is 32.0 Å². The van der Waals surface area contributed by atoms with Crippen LogP contribution < -0.4 is 9.47 Å². The van der Waals surface area contributed by atoms with E-state index in [1.54, 1.807) is 60.7 Å². The lowest BCUT2D eigenvalue weighted by molar-refractivity contribution is -0.256. The van der Waals surface area contributed by atoms with E-state index < -0.39 is 17.7 Å². The van der Waals surface area contributed by atoms with Gasteiger partial charge < -0.3 is 23.7 Å². The van der Waals surface area contributed by atoms with E-state index in [-0.39, 0.29) is 37.4 Å². The first-order valence-corrected chi connectivity index (χ1v) is 14.0. The highest BCUT2D eigenvalue weighted by Crippen LogP contribution is 2.41. The highest BCUT2D eigenvalue weighted by atomic mass is 19.1. The van der Waals surface area contributed by atoms with E-state index in [0.29, 0.717) is 41.2 Å². The fourth-order valence-electron chi connectivity index (χ4n) is 4.70. The molecule has 0 saturated carbocycles.